The average Bonchev–Trinajstić information content (AvgIpc) is 3.26. The Balaban J connectivity index is 1.28. The molecule has 1 amide bonds. The van der Waals surface area contributed by atoms with E-state index in [1.54, 1.807) is 30.1 Å². The molecule has 1 N–H and O–H groups in total. The van der Waals surface area contributed by atoms with E-state index in [0.717, 1.165) is 50.5 Å². The van der Waals surface area contributed by atoms with Gasteiger partial charge in [-0.3, -0.25) is 4.79 Å². The summed E-state index contributed by atoms with van der Waals surface area (Å²) in [7, 11) is 1.69. The second-order valence-corrected chi connectivity index (χ2v) is 11.1. The van der Waals surface area contributed by atoms with Crippen molar-refractivity contribution in [1.82, 2.24) is 30.0 Å². The topological polar surface area (TPSA) is 103 Å². The molecule has 1 aromatic carbocycles. The van der Waals surface area contributed by atoms with Gasteiger partial charge in [-0.05, 0) is 68.8 Å². The molecular weight excluding hydrogens is 523 g/mol. The van der Waals surface area contributed by atoms with Gasteiger partial charge in [-0.2, -0.15) is 10.4 Å². The highest BCUT2D eigenvalue weighted by molar-refractivity contribution is 6.35. The van der Waals surface area contributed by atoms with Crippen LogP contribution in [0.15, 0.2) is 24.4 Å². The average molecular weight is 556 g/mol. The standard InChI is InChI=1S/C27H32Cl2N8O/c1-17(21-8-7-20(28)11-22(21)29)37-27-26(23(12-30)34-37)32-13-24(33-27)36-15-19(16-36)18-5-3-9-35(14-18)10-4-6-25(38)31-2/h7-8,11,13,17-19H,3-6,9-10,14-16H2,1-2H3,(H,31,38)/t17-,18-/m1/s1. The Kier molecular flexibility index (Phi) is 8.03. The number of piperidine rings is 1. The number of benzene rings is 1. The van der Waals surface area contributed by atoms with E-state index in [1.807, 2.05) is 13.0 Å². The maximum atomic E-state index is 11.5. The fraction of sp³-hybridized carbons (Fsp3) is 0.519. The number of hydrogen-bond acceptors (Lipinski definition) is 7. The number of halogens is 2. The van der Waals surface area contributed by atoms with Crippen molar-refractivity contribution in [2.45, 2.75) is 38.6 Å². The summed E-state index contributed by atoms with van der Waals surface area (Å²) in [5.74, 6) is 2.17. The van der Waals surface area contributed by atoms with E-state index in [9.17, 15) is 10.1 Å². The molecule has 2 saturated heterocycles. The van der Waals surface area contributed by atoms with Crippen molar-refractivity contribution in [3.05, 3.63) is 45.7 Å². The molecule has 0 bridgehead atoms. The van der Waals surface area contributed by atoms with Crippen LogP contribution in [0.5, 0.6) is 0 Å². The van der Waals surface area contributed by atoms with E-state index in [4.69, 9.17) is 28.2 Å². The van der Waals surface area contributed by atoms with E-state index in [0.29, 0.717) is 39.5 Å². The Morgan fingerprint density at radius 2 is 2.08 bits per heavy atom. The number of amides is 1. The highest BCUT2D eigenvalue weighted by Gasteiger charge is 2.36. The number of hydrogen-bond donors (Lipinski definition) is 1. The maximum absolute atomic E-state index is 11.5. The van der Waals surface area contributed by atoms with Gasteiger partial charge in [0.25, 0.3) is 0 Å². The summed E-state index contributed by atoms with van der Waals surface area (Å²) in [5, 5.41) is 18.0. The van der Waals surface area contributed by atoms with Crippen molar-refractivity contribution < 1.29 is 4.79 Å². The zero-order chi connectivity index (χ0) is 26.8. The van der Waals surface area contributed by atoms with Gasteiger partial charge >= 0.3 is 0 Å². The normalized spacial score (nSPS) is 19.2. The smallest absolute Gasteiger partial charge is 0.219 e. The van der Waals surface area contributed by atoms with Crippen LogP contribution < -0.4 is 10.2 Å². The Labute approximate surface area is 232 Å². The number of fused-ring (bicyclic) bond motifs is 1. The number of likely N-dealkylation sites (tertiary alicyclic amines) is 1. The first-order chi connectivity index (χ1) is 18.4. The van der Waals surface area contributed by atoms with Crippen molar-refractivity contribution in [3.63, 3.8) is 0 Å². The molecule has 9 nitrogen and oxygen atoms in total. The predicted molar refractivity (Wildman–Crippen MR) is 148 cm³/mol. The SMILES string of the molecule is CNC(=O)CCCN1CCC[C@@H](C2CN(c3cnc4c(C#N)nn([C@H](C)c5ccc(Cl)cc5Cl)c4n3)C2)C1. The van der Waals surface area contributed by atoms with Crippen LogP contribution in [0.3, 0.4) is 0 Å². The number of aromatic nitrogens is 4. The lowest BCUT2D eigenvalue weighted by atomic mass is 9.80. The Bertz CT molecular complexity index is 1360. The molecule has 0 radical (unpaired) electrons. The molecule has 0 spiro atoms. The third-order valence-corrected chi connectivity index (χ3v) is 8.44. The van der Waals surface area contributed by atoms with Crippen molar-refractivity contribution in [1.29, 1.82) is 5.26 Å². The maximum Gasteiger partial charge on any atom is 0.219 e. The lowest BCUT2D eigenvalue weighted by Gasteiger charge is -2.47. The Morgan fingerprint density at radius 1 is 1.26 bits per heavy atom. The van der Waals surface area contributed by atoms with Gasteiger partial charge in [0.1, 0.15) is 17.4 Å². The first-order valence-corrected chi connectivity index (χ1v) is 13.9. The van der Waals surface area contributed by atoms with Gasteiger partial charge in [-0.15, -0.1) is 0 Å². The molecule has 200 valence electrons. The van der Waals surface area contributed by atoms with E-state index in [1.165, 1.54) is 12.8 Å². The first kappa shape index (κ1) is 26.7. The molecule has 2 aliphatic heterocycles. The monoisotopic (exact) mass is 554 g/mol. The summed E-state index contributed by atoms with van der Waals surface area (Å²) in [6, 6.07) is 7.26. The van der Waals surface area contributed by atoms with Crippen molar-refractivity contribution >= 4 is 46.1 Å². The first-order valence-electron chi connectivity index (χ1n) is 13.2. The molecule has 0 aliphatic carbocycles. The molecule has 2 aromatic heterocycles. The number of rotatable bonds is 8. The summed E-state index contributed by atoms with van der Waals surface area (Å²) in [6.07, 6.45) is 5.68. The summed E-state index contributed by atoms with van der Waals surface area (Å²) in [6.45, 7) is 7.03. The molecule has 2 aliphatic rings. The van der Waals surface area contributed by atoms with Crippen molar-refractivity contribution in [3.8, 4) is 6.07 Å². The van der Waals surface area contributed by atoms with Crippen LogP contribution in [0.1, 0.15) is 49.9 Å². The van der Waals surface area contributed by atoms with E-state index in [-0.39, 0.29) is 17.6 Å². The number of nitriles is 1. The fourth-order valence-electron chi connectivity index (χ4n) is 5.63. The van der Waals surface area contributed by atoms with Crippen LogP contribution >= 0.6 is 23.2 Å². The Hall–Kier alpha value is -2.93. The number of anilines is 1. The molecule has 3 aromatic rings. The third-order valence-electron chi connectivity index (χ3n) is 7.88. The number of nitrogens with one attached hydrogen (secondary N) is 1. The Morgan fingerprint density at radius 3 is 2.82 bits per heavy atom. The molecule has 5 rings (SSSR count). The summed E-state index contributed by atoms with van der Waals surface area (Å²) >= 11 is 12.6. The molecule has 0 saturated carbocycles. The molecule has 2 fully saturated rings. The van der Waals surface area contributed by atoms with Crippen LogP contribution in [0, 0.1) is 23.2 Å². The van der Waals surface area contributed by atoms with Crippen LogP contribution in [0.25, 0.3) is 11.2 Å². The predicted octanol–water partition coefficient (Wildman–Crippen LogP) is 4.29. The van der Waals surface area contributed by atoms with Gasteiger partial charge in [-0.25, -0.2) is 14.6 Å². The van der Waals surface area contributed by atoms with Gasteiger partial charge in [0.2, 0.25) is 5.91 Å². The van der Waals surface area contributed by atoms with Crippen LogP contribution in [-0.4, -0.2) is 70.3 Å². The van der Waals surface area contributed by atoms with Crippen LogP contribution in [0.4, 0.5) is 5.82 Å². The molecular formula is C27H32Cl2N8O. The second-order valence-electron chi connectivity index (χ2n) is 10.3. The highest BCUT2D eigenvalue weighted by Crippen LogP contribution is 2.35. The van der Waals surface area contributed by atoms with Crippen LogP contribution in [-0.2, 0) is 4.79 Å². The van der Waals surface area contributed by atoms with Crippen LogP contribution in [0.2, 0.25) is 10.0 Å². The lowest BCUT2D eigenvalue weighted by Crippen LogP contribution is -2.54. The van der Waals surface area contributed by atoms with E-state index < -0.39 is 0 Å². The summed E-state index contributed by atoms with van der Waals surface area (Å²) < 4.78 is 1.73. The minimum atomic E-state index is -0.255. The molecule has 0 unspecified atom stereocenters. The van der Waals surface area contributed by atoms with Crippen molar-refractivity contribution in [2.75, 3.05) is 44.7 Å². The summed E-state index contributed by atoms with van der Waals surface area (Å²) in [4.78, 5) is 25.8. The van der Waals surface area contributed by atoms with Crippen molar-refractivity contribution in [2.24, 2.45) is 11.8 Å². The number of carbonyl (C=O) groups is 1. The number of nitrogens with zero attached hydrogens (tertiary/aromatic N) is 7. The zero-order valence-electron chi connectivity index (χ0n) is 21.7. The number of carbonyl (C=O) groups excluding carboxylic acids is 1. The third kappa shape index (κ3) is 5.44. The van der Waals surface area contributed by atoms with E-state index >= 15 is 0 Å². The lowest BCUT2D eigenvalue weighted by molar-refractivity contribution is -0.120. The summed E-state index contributed by atoms with van der Waals surface area (Å²) in [5.41, 5.74) is 2.15. The quantitative estimate of drug-likeness (QED) is 0.443. The highest BCUT2D eigenvalue weighted by atomic mass is 35.5. The molecule has 2 atom stereocenters. The van der Waals surface area contributed by atoms with Gasteiger partial charge < -0.3 is 15.1 Å². The molecule has 38 heavy (non-hydrogen) atoms. The molecule has 11 heteroatoms. The minimum Gasteiger partial charge on any atom is -0.359 e. The van der Waals surface area contributed by atoms with Gasteiger partial charge in [0.05, 0.1) is 12.2 Å². The second kappa shape index (κ2) is 11.4. The largest absolute Gasteiger partial charge is 0.359 e. The van der Waals surface area contributed by atoms with Gasteiger partial charge in [0.15, 0.2) is 11.3 Å². The zero-order valence-corrected chi connectivity index (χ0v) is 23.2. The molecule has 4 heterocycles. The van der Waals surface area contributed by atoms with Gasteiger partial charge in [0, 0.05) is 43.1 Å². The van der Waals surface area contributed by atoms with Gasteiger partial charge in [-0.1, -0.05) is 29.3 Å². The van der Waals surface area contributed by atoms with E-state index in [2.05, 4.69) is 31.3 Å². The fourth-order valence-corrected chi connectivity index (χ4v) is 6.20. The minimum absolute atomic E-state index is 0.111.